The molecule has 1 amide bonds. The zero-order valence-electron chi connectivity index (χ0n) is 10.6. The monoisotopic (exact) mass is 219 g/mol. The largest absolute Gasteiger partial charge is 0.326 e. The van der Waals surface area contributed by atoms with Crippen LogP contribution in [0.4, 0.5) is 5.69 Å². The Hall–Kier alpha value is -1.31. The third-order valence-electron chi connectivity index (χ3n) is 2.36. The van der Waals surface area contributed by atoms with Gasteiger partial charge in [0.2, 0.25) is 5.91 Å². The Bertz CT molecular complexity index is 363. The van der Waals surface area contributed by atoms with Crippen LogP contribution in [0.5, 0.6) is 0 Å². The van der Waals surface area contributed by atoms with Crippen LogP contribution in [0, 0.1) is 5.41 Å². The van der Waals surface area contributed by atoms with Gasteiger partial charge >= 0.3 is 0 Å². The summed E-state index contributed by atoms with van der Waals surface area (Å²) in [6.45, 7) is 8.30. The molecular weight excluding hydrogens is 198 g/mol. The van der Waals surface area contributed by atoms with E-state index in [2.05, 4.69) is 33.0 Å². The first-order valence-electron chi connectivity index (χ1n) is 5.80. The lowest BCUT2D eigenvalue weighted by Crippen LogP contribution is -2.20. The highest BCUT2D eigenvalue weighted by Crippen LogP contribution is 2.21. The number of nitrogens with one attached hydrogen (secondary N) is 1. The number of para-hydroxylation sites is 1. The number of hydrogen-bond donors (Lipinski definition) is 1. The van der Waals surface area contributed by atoms with Crippen LogP contribution in [0.15, 0.2) is 24.3 Å². The molecule has 0 unspecified atom stereocenters. The summed E-state index contributed by atoms with van der Waals surface area (Å²) in [6.07, 6.45) is 1.48. The normalized spacial score (nSPS) is 11.2. The third-order valence-corrected chi connectivity index (χ3v) is 2.36. The van der Waals surface area contributed by atoms with Crippen molar-refractivity contribution in [1.82, 2.24) is 0 Å². The van der Waals surface area contributed by atoms with Crippen LogP contribution in [-0.4, -0.2) is 5.91 Å². The summed E-state index contributed by atoms with van der Waals surface area (Å²) in [5.74, 6) is 0.0911. The van der Waals surface area contributed by atoms with Crippen molar-refractivity contribution in [2.75, 3.05) is 5.32 Å². The molecule has 0 aliphatic carbocycles. The number of carbonyl (C=O) groups excluding carboxylic acids is 1. The first-order valence-corrected chi connectivity index (χ1v) is 5.80. The number of amides is 1. The zero-order valence-corrected chi connectivity index (χ0v) is 10.6. The maximum Gasteiger partial charge on any atom is 0.224 e. The van der Waals surface area contributed by atoms with Gasteiger partial charge in [-0.05, 0) is 23.5 Å². The van der Waals surface area contributed by atoms with Gasteiger partial charge in [0.1, 0.15) is 0 Å². The van der Waals surface area contributed by atoms with Gasteiger partial charge in [-0.3, -0.25) is 4.79 Å². The quantitative estimate of drug-likeness (QED) is 0.826. The lowest BCUT2D eigenvalue weighted by atomic mass is 9.92. The molecule has 0 spiro atoms. The second-order valence-corrected chi connectivity index (χ2v) is 5.30. The molecule has 0 aliphatic rings. The molecule has 0 radical (unpaired) electrons. The molecule has 2 nitrogen and oxygen atoms in total. The van der Waals surface area contributed by atoms with E-state index in [1.54, 1.807) is 0 Å². The summed E-state index contributed by atoms with van der Waals surface area (Å²) < 4.78 is 0. The molecular formula is C14H21NO. The van der Waals surface area contributed by atoms with Crippen molar-refractivity contribution in [3.8, 4) is 0 Å². The van der Waals surface area contributed by atoms with Crippen LogP contribution in [0.2, 0.25) is 0 Å². The molecule has 0 atom stereocenters. The molecule has 1 N–H and O–H groups in total. The molecule has 1 rings (SSSR count). The molecule has 0 bridgehead atoms. The maximum absolute atomic E-state index is 11.8. The molecule has 0 fully saturated rings. The van der Waals surface area contributed by atoms with Crippen LogP contribution in [0.3, 0.4) is 0 Å². The summed E-state index contributed by atoms with van der Waals surface area (Å²) in [7, 11) is 0. The van der Waals surface area contributed by atoms with E-state index in [0.29, 0.717) is 6.42 Å². The highest BCUT2D eigenvalue weighted by Gasteiger charge is 2.16. The van der Waals surface area contributed by atoms with Gasteiger partial charge < -0.3 is 5.32 Å². The van der Waals surface area contributed by atoms with E-state index in [4.69, 9.17) is 0 Å². The van der Waals surface area contributed by atoms with Crippen molar-refractivity contribution in [3.05, 3.63) is 29.8 Å². The van der Waals surface area contributed by atoms with Crippen molar-refractivity contribution in [3.63, 3.8) is 0 Å². The van der Waals surface area contributed by atoms with E-state index in [9.17, 15) is 4.79 Å². The summed E-state index contributed by atoms with van der Waals surface area (Å²) >= 11 is 0. The van der Waals surface area contributed by atoms with Gasteiger partial charge in [0.05, 0.1) is 0 Å². The number of hydrogen-bond acceptors (Lipinski definition) is 1. The first kappa shape index (κ1) is 12.8. The van der Waals surface area contributed by atoms with Crippen LogP contribution in [0.25, 0.3) is 0 Å². The van der Waals surface area contributed by atoms with Crippen molar-refractivity contribution in [2.24, 2.45) is 5.41 Å². The van der Waals surface area contributed by atoms with Crippen LogP contribution in [0.1, 0.15) is 39.7 Å². The molecule has 0 saturated carbocycles. The van der Waals surface area contributed by atoms with E-state index in [1.165, 1.54) is 5.56 Å². The minimum Gasteiger partial charge on any atom is -0.326 e. The van der Waals surface area contributed by atoms with Crippen molar-refractivity contribution in [1.29, 1.82) is 0 Å². The fourth-order valence-electron chi connectivity index (χ4n) is 1.63. The van der Waals surface area contributed by atoms with Crippen LogP contribution < -0.4 is 5.32 Å². The minimum absolute atomic E-state index is 0.0330. The Labute approximate surface area is 98.1 Å². The molecule has 0 saturated heterocycles. The van der Waals surface area contributed by atoms with Gasteiger partial charge in [-0.2, -0.15) is 0 Å². The fraction of sp³-hybridized carbons (Fsp3) is 0.500. The summed E-state index contributed by atoms with van der Waals surface area (Å²) in [5.41, 5.74) is 2.16. The van der Waals surface area contributed by atoms with Gasteiger partial charge in [0.15, 0.2) is 0 Å². The summed E-state index contributed by atoms with van der Waals surface area (Å²) in [4.78, 5) is 11.8. The van der Waals surface area contributed by atoms with Crippen molar-refractivity contribution >= 4 is 11.6 Å². The molecule has 88 valence electrons. The fourth-order valence-corrected chi connectivity index (χ4v) is 1.63. The molecule has 0 heterocycles. The Morgan fingerprint density at radius 1 is 1.25 bits per heavy atom. The number of rotatable bonds is 3. The van der Waals surface area contributed by atoms with Gasteiger partial charge in [0, 0.05) is 12.1 Å². The third kappa shape index (κ3) is 4.05. The van der Waals surface area contributed by atoms with E-state index >= 15 is 0 Å². The second-order valence-electron chi connectivity index (χ2n) is 5.30. The number of carbonyl (C=O) groups is 1. The molecule has 0 aromatic heterocycles. The van der Waals surface area contributed by atoms with Crippen molar-refractivity contribution in [2.45, 2.75) is 40.5 Å². The van der Waals surface area contributed by atoms with Gasteiger partial charge in [-0.25, -0.2) is 0 Å². The number of anilines is 1. The smallest absolute Gasteiger partial charge is 0.224 e. The minimum atomic E-state index is 0.0330. The topological polar surface area (TPSA) is 29.1 Å². The average molecular weight is 219 g/mol. The zero-order chi connectivity index (χ0) is 12.2. The van der Waals surface area contributed by atoms with E-state index in [0.717, 1.165) is 12.1 Å². The maximum atomic E-state index is 11.8. The lowest BCUT2D eigenvalue weighted by Gasteiger charge is -2.18. The Morgan fingerprint density at radius 3 is 2.44 bits per heavy atom. The average Bonchev–Trinajstić information content (AvgIpc) is 2.15. The highest BCUT2D eigenvalue weighted by molar-refractivity contribution is 5.91. The molecule has 16 heavy (non-hydrogen) atoms. The Morgan fingerprint density at radius 2 is 1.88 bits per heavy atom. The van der Waals surface area contributed by atoms with Gasteiger partial charge in [-0.1, -0.05) is 45.9 Å². The Balaban J connectivity index is 2.70. The molecule has 0 aliphatic heterocycles. The van der Waals surface area contributed by atoms with Gasteiger partial charge in [0.25, 0.3) is 0 Å². The predicted molar refractivity (Wildman–Crippen MR) is 68.5 cm³/mol. The van der Waals surface area contributed by atoms with Crippen LogP contribution in [-0.2, 0) is 11.2 Å². The number of benzene rings is 1. The predicted octanol–water partition coefficient (Wildman–Crippen LogP) is 3.62. The molecule has 1 aromatic carbocycles. The molecule has 1 aromatic rings. The standard InChI is InChI=1S/C14H21NO/c1-5-11-8-6-7-9-12(11)15-13(16)10-14(2,3)4/h6-9H,5,10H2,1-4H3,(H,15,16). The van der Waals surface area contributed by atoms with E-state index < -0.39 is 0 Å². The van der Waals surface area contributed by atoms with Gasteiger partial charge in [-0.15, -0.1) is 0 Å². The summed E-state index contributed by atoms with van der Waals surface area (Å²) in [5, 5.41) is 2.98. The van der Waals surface area contributed by atoms with E-state index in [1.807, 2.05) is 24.3 Å². The van der Waals surface area contributed by atoms with Crippen molar-refractivity contribution < 1.29 is 4.79 Å². The second kappa shape index (κ2) is 5.15. The molecule has 2 heteroatoms. The Kier molecular flexibility index (Phi) is 4.11. The SMILES string of the molecule is CCc1ccccc1NC(=O)CC(C)(C)C. The summed E-state index contributed by atoms with van der Waals surface area (Å²) in [6, 6.07) is 7.95. The van der Waals surface area contributed by atoms with E-state index in [-0.39, 0.29) is 11.3 Å². The highest BCUT2D eigenvalue weighted by atomic mass is 16.1. The first-order chi connectivity index (χ1) is 7.42. The number of aryl methyl sites for hydroxylation is 1. The lowest BCUT2D eigenvalue weighted by molar-refractivity contribution is -0.117. The van der Waals surface area contributed by atoms with Crippen LogP contribution >= 0.6 is 0 Å².